The third-order valence-corrected chi connectivity index (χ3v) is 4.50. The maximum atomic E-state index is 6.13. The number of aryl methyl sites for hydroxylation is 1. The number of halogens is 2. The van der Waals surface area contributed by atoms with E-state index in [1.54, 1.807) is 0 Å². The van der Waals surface area contributed by atoms with Gasteiger partial charge in [0, 0.05) is 19.0 Å². The van der Waals surface area contributed by atoms with Crippen LogP contribution in [-0.2, 0) is 6.42 Å². The second-order valence-electron chi connectivity index (χ2n) is 4.69. The van der Waals surface area contributed by atoms with Crippen molar-refractivity contribution in [2.45, 2.75) is 26.7 Å². The van der Waals surface area contributed by atoms with Crippen molar-refractivity contribution in [3.63, 3.8) is 0 Å². The molecule has 21 heavy (non-hydrogen) atoms. The Bertz CT molecular complexity index is 646. The first-order valence-corrected chi connectivity index (χ1v) is 8.00. The molecule has 0 aliphatic carbocycles. The lowest BCUT2D eigenvalue weighted by molar-refractivity contribution is 0.835. The summed E-state index contributed by atoms with van der Waals surface area (Å²) < 4.78 is 0.827. The summed E-state index contributed by atoms with van der Waals surface area (Å²) in [6.07, 6.45) is 1.85. The highest BCUT2D eigenvalue weighted by Crippen LogP contribution is 2.33. The Morgan fingerprint density at radius 3 is 2.62 bits per heavy atom. The second-order valence-corrected chi connectivity index (χ2v) is 5.89. The first kappa shape index (κ1) is 16.0. The van der Waals surface area contributed by atoms with E-state index in [0.717, 1.165) is 46.0 Å². The minimum Gasteiger partial charge on any atom is -0.373 e. The normalized spacial score (nSPS) is 10.5. The van der Waals surface area contributed by atoms with Crippen LogP contribution in [0.2, 0.25) is 5.02 Å². The molecule has 0 spiro atoms. The van der Waals surface area contributed by atoms with Gasteiger partial charge in [0.2, 0.25) is 0 Å². The van der Waals surface area contributed by atoms with E-state index in [-0.39, 0.29) is 0 Å². The van der Waals surface area contributed by atoms with Gasteiger partial charge in [0.15, 0.2) is 0 Å². The topological polar surface area (TPSA) is 49.8 Å². The molecule has 0 bridgehead atoms. The van der Waals surface area contributed by atoms with Gasteiger partial charge in [0.05, 0.1) is 15.2 Å². The highest BCUT2D eigenvalue weighted by Gasteiger charge is 2.12. The standard InChI is InChI=1S/C15H18BrClN4/c1-4-6-12-20-14(18-3)9(2)15(21-12)19-11-8-5-7-10(17)13(11)16/h5,7-8H,4,6H2,1-3H3,(H2,18,19,20,21). The maximum Gasteiger partial charge on any atom is 0.139 e. The zero-order valence-corrected chi connectivity index (χ0v) is 14.6. The number of aromatic nitrogens is 2. The quantitative estimate of drug-likeness (QED) is 0.784. The first-order chi connectivity index (χ1) is 10.1. The molecular formula is C15H18BrClN4. The lowest BCUT2D eigenvalue weighted by Crippen LogP contribution is -2.07. The van der Waals surface area contributed by atoms with Crippen LogP contribution in [0.3, 0.4) is 0 Å². The lowest BCUT2D eigenvalue weighted by atomic mass is 10.2. The van der Waals surface area contributed by atoms with E-state index in [1.807, 2.05) is 32.2 Å². The Morgan fingerprint density at radius 1 is 1.24 bits per heavy atom. The number of nitrogens with one attached hydrogen (secondary N) is 2. The Morgan fingerprint density at radius 2 is 1.95 bits per heavy atom. The van der Waals surface area contributed by atoms with Crippen LogP contribution in [0.25, 0.3) is 0 Å². The van der Waals surface area contributed by atoms with E-state index in [0.29, 0.717) is 5.02 Å². The summed E-state index contributed by atoms with van der Waals surface area (Å²) in [4.78, 5) is 9.13. The van der Waals surface area contributed by atoms with Gasteiger partial charge in [-0.1, -0.05) is 24.6 Å². The van der Waals surface area contributed by atoms with Crippen molar-refractivity contribution in [2.75, 3.05) is 17.7 Å². The fraction of sp³-hybridized carbons (Fsp3) is 0.333. The fourth-order valence-corrected chi connectivity index (χ4v) is 2.53. The SMILES string of the molecule is CCCc1nc(NC)c(C)c(Nc2cccc(Cl)c2Br)n1. The van der Waals surface area contributed by atoms with Crippen molar-refractivity contribution in [3.05, 3.63) is 39.1 Å². The summed E-state index contributed by atoms with van der Waals surface area (Å²) in [5.74, 6) is 2.46. The van der Waals surface area contributed by atoms with Gasteiger partial charge in [-0.25, -0.2) is 9.97 Å². The number of rotatable bonds is 5. The average Bonchev–Trinajstić information content (AvgIpc) is 2.47. The number of nitrogens with zero attached hydrogens (tertiary/aromatic N) is 2. The highest BCUT2D eigenvalue weighted by molar-refractivity contribution is 9.10. The van der Waals surface area contributed by atoms with Crippen molar-refractivity contribution in [2.24, 2.45) is 0 Å². The van der Waals surface area contributed by atoms with Crippen molar-refractivity contribution < 1.29 is 0 Å². The van der Waals surface area contributed by atoms with Gasteiger partial charge in [0.25, 0.3) is 0 Å². The molecule has 0 atom stereocenters. The summed E-state index contributed by atoms with van der Waals surface area (Å²) in [6.45, 7) is 4.10. The first-order valence-electron chi connectivity index (χ1n) is 6.83. The molecule has 0 saturated carbocycles. The molecule has 0 saturated heterocycles. The largest absolute Gasteiger partial charge is 0.373 e. The Hall–Kier alpha value is -1.33. The molecule has 1 aromatic heterocycles. The van der Waals surface area contributed by atoms with E-state index in [1.165, 1.54) is 0 Å². The summed E-state index contributed by atoms with van der Waals surface area (Å²) in [5.41, 5.74) is 1.86. The van der Waals surface area contributed by atoms with Crippen LogP contribution in [0.15, 0.2) is 22.7 Å². The number of hydrogen-bond acceptors (Lipinski definition) is 4. The van der Waals surface area contributed by atoms with Gasteiger partial charge in [-0.3, -0.25) is 0 Å². The number of benzene rings is 1. The van der Waals surface area contributed by atoms with Crippen LogP contribution in [-0.4, -0.2) is 17.0 Å². The smallest absolute Gasteiger partial charge is 0.139 e. The van der Waals surface area contributed by atoms with Gasteiger partial charge in [-0.15, -0.1) is 0 Å². The third-order valence-electron chi connectivity index (χ3n) is 3.11. The molecule has 0 radical (unpaired) electrons. The number of anilines is 3. The predicted molar refractivity (Wildman–Crippen MR) is 92.7 cm³/mol. The van der Waals surface area contributed by atoms with Gasteiger partial charge < -0.3 is 10.6 Å². The van der Waals surface area contributed by atoms with Crippen molar-refractivity contribution >= 4 is 44.9 Å². The van der Waals surface area contributed by atoms with Crippen molar-refractivity contribution in [1.82, 2.24) is 9.97 Å². The van der Waals surface area contributed by atoms with E-state index in [9.17, 15) is 0 Å². The summed E-state index contributed by atoms with van der Waals surface area (Å²) >= 11 is 9.62. The molecule has 0 amide bonds. The van der Waals surface area contributed by atoms with Crippen LogP contribution in [0, 0.1) is 6.92 Å². The van der Waals surface area contributed by atoms with Gasteiger partial charge in [-0.05, 0) is 41.4 Å². The molecule has 0 aliphatic heterocycles. The van der Waals surface area contributed by atoms with Crippen LogP contribution >= 0.6 is 27.5 Å². The number of hydrogen-bond donors (Lipinski definition) is 2. The van der Waals surface area contributed by atoms with E-state index in [4.69, 9.17) is 11.6 Å². The summed E-state index contributed by atoms with van der Waals surface area (Å²) in [6, 6.07) is 5.69. The molecular weight excluding hydrogens is 352 g/mol. The molecule has 0 aliphatic rings. The summed E-state index contributed by atoms with van der Waals surface area (Å²) in [7, 11) is 1.87. The van der Waals surface area contributed by atoms with Crippen LogP contribution in [0.5, 0.6) is 0 Å². The predicted octanol–water partition coefficient (Wildman–Crippen LogP) is 4.94. The minimum absolute atomic E-state index is 0.661. The van der Waals surface area contributed by atoms with Gasteiger partial charge in [-0.2, -0.15) is 0 Å². The van der Waals surface area contributed by atoms with Crippen molar-refractivity contribution in [1.29, 1.82) is 0 Å². The molecule has 2 aromatic rings. The van der Waals surface area contributed by atoms with E-state index >= 15 is 0 Å². The van der Waals surface area contributed by atoms with Crippen LogP contribution < -0.4 is 10.6 Å². The summed E-state index contributed by atoms with van der Waals surface area (Å²) in [5, 5.41) is 7.11. The van der Waals surface area contributed by atoms with E-state index in [2.05, 4.69) is 43.5 Å². The lowest BCUT2D eigenvalue weighted by Gasteiger charge is -2.15. The molecule has 4 nitrogen and oxygen atoms in total. The highest BCUT2D eigenvalue weighted by atomic mass is 79.9. The zero-order chi connectivity index (χ0) is 15.4. The van der Waals surface area contributed by atoms with Gasteiger partial charge >= 0.3 is 0 Å². The minimum atomic E-state index is 0.661. The maximum absolute atomic E-state index is 6.13. The molecule has 2 rings (SSSR count). The molecule has 1 aromatic carbocycles. The third kappa shape index (κ3) is 3.66. The Labute approximate surface area is 138 Å². The second kappa shape index (κ2) is 7.09. The van der Waals surface area contributed by atoms with Crippen molar-refractivity contribution in [3.8, 4) is 0 Å². The zero-order valence-electron chi connectivity index (χ0n) is 12.3. The van der Waals surface area contributed by atoms with Crippen LogP contribution in [0.4, 0.5) is 17.3 Å². The monoisotopic (exact) mass is 368 g/mol. The molecule has 112 valence electrons. The fourth-order valence-electron chi connectivity index (χ4n) is 1.99. The molecule has 1 heterocycles. The Kier molecular flexibility index (Phi) is 5.42. The molecule has 0 unspecified atom stereocenters. The van der Waals surface area contributed by atoms with Crippen LogP contribution in [0.1, 0.15) is 24.7 Å². The average molecular weight is 370 g/mol. The molecule has 0 fully saturated rings. The van der Waals surface area contributed by atoms with E-state index < -0.39 is 0 Å². The molecule has 6 heteroatoms. The molecule has 2 N–H and O–H groups in total. The van der Waals surface area contributed by atoms with Gasteiger partial charge in [0.1, 0.15) is 17.5 Å². The Balaban J connectivity index is 2.42.